The highest BCUT2D eigenvalue weighted by atomic mass is 35.5. The monoisotopic (exact) mass is 375 g/mol. The van der Waals surface area contributed by atoms with Crippen LogP contribution in [-0.2, 0) is 6.54 Å². The van der Waals surface area contributed by atoms with Crippen molar-refractivity contribution in [3.63, 3.8) is 0 Å². The van der Waals surface area contributed by atoms with Crippen LogP contribution < -0.4 is 9.80 Å². The van der Waals surface area contributed by atoms with Crippen molar-refractivity contribution in [3.8, 4) is 0 Å². The third-order valence-corrected chi connectivity index (χ3v) is 6.11. The molecule has 7 heteroatoms. The lowest BCUT2D eigenvalue weighted by atomic mass is 9.95. The van der Waals surface area contributed by atoms with Gasteiger partial charge < -0.3 is 9.80 Å². The molecule has 1 N–H and O–H groups in total. The van der Waals surface area contributed by atoms with Gasteiger partial charge in [0.25, 0.3) is 0 Å². The van der Waals surface area contributed by atoms with Crippen molar-refractivity contribution in [2.45, 2.75) is 51.6 Å². The normalized spacial score (nSPS) is 19.8. The molecule has 1 aromatic carbocycles. The van der Waals surface area contributed by atoms with E-state index in [1.165, 1.54) is 43.4 Å². The van der Waals surface area contributed by atoms with Crippen molar-refractivity contribution in [1.29, 1.82) is 0 Å². The van der Waals surface area contributed by atoms with Crippen LogP contribution in [0.2, 0.25) is 5.02 Å². The Labute approximate surface area is 160 Å². The van der Waals surface area contributed by atoms with Crippen molar-refractivity contribution in [2.75, 3.05) is 31.1 Å². The van der Waals surface area contributed by atoms with E-state index in [0.717, 1.165) is 43.6 Å². The van der Waals surface area contributed by atoms with E-state index in [9.17, 15) is 0 Å². The number of benzene rings is 1. The highest BCUT2D eigenvalue weighted by Crippen LogP contribution is 2.27. The molecule has 2 aliphatic rings. The summed E-state index contributed by atoms with van der Waals surface area (Å²) >= 11 is 6.19. The predicted molar refractivity (Wildman–Crippen MR) is 103 cm³/mol. The molecule has 0 atom stereocenters. The van der Waals surface area contributed by atoms with Gasteiger partial charge in [0.2, 0.25) is 5.82 Å². The topological polar surface area (TPSA) is 51.3 Å². The molecule has 2 fully saturated rings. The summed E-state index contributed by atoms with van der Waals surface area (Å²) in [5.41, 5.74) is 2.56. The summed E-state index contributed by atoms with van der Waals surface area (Å²) in [4.78, 5) is 4.02. The van der Waals surface area contributed by atoms with Gasteiger partial charge in [0.1, 0.15) is 6.54 Å². The number of hydrogen-bond donors (Lipinski definition) is 1. The fraction of sp³-hybridized carbons (Fsp3) is 0.632. The number of nitrogens with one attached hydrogen (secondary N) is 1. The molecule has 1 saturated heterocycles. The van der Waals surface area contributed by atoms with Crippen molar-refractivity contribution < 1.29 is 4.90 Å². The number of hydrogen-bond acceptors (Lipinski definition) is 4. The third kappa shape index (κ3) is 3.86. The van der Waals surface area contributed by atoms with E-state index < -0.39 is 0 Å². The van der Waals surface area contributed by atoms with Gasteiger partial charge in [-0.25, -0.2) is 4.68 Å². The van der Waals surface area contributed by atoms with Gasteiger partial charge in [0.05, 0.1) is 32.2 Å². The Morgan fingerprint density at radius 1 is 1.15 bits per heavy atom. The highest BCUT2D eigenvalue weighted by molar-refractivity contribution is 6.30. The first-order chi connectivity index (χ1) is 12.7. The Bertz CT molecular complexity index is 731. The number of rotatable bonds is 4. The number of quaternary nitrogens is 1. The van der Waals surface area contributed by atoms with E-state index in [4.69, 9.17) is 11.6 Å². The minimum atomic E-state index is 0.503. The quantitative estimate of drug-likeness (QED) is 0.888. The van der Waals surface area contributed by atoms with Crippen LogP contribution in [0, 0.1) is 6.92 Å². The molecule has 2 heterocycles. The summed E-state index contributed by atoms with van der Waals surface area (Å²) in [5.74, 6) is 1.05. The average Bonchev–Trinajstić information content (AvgIpc) is 3.13. The molecule has 6 nitrogen and oxygen atoms in total. The summed E-state index contributed by atoms with van der Waals surface area (Å²) < 4.78 is 2.11. The highest BCUT2D eigenvalue weighted by Gasteiger charge is 2.26. The molecule has 140 valence electrons. The number of nitrogens with zero attached hydrogens (tertiary/aromatic N) is 5. The Morgan fingerprint density at radius 3 is 2.69 bits per heavy atom. The second-order valence-corrected chi connectivity index (χ2v) is 8.11. The van der Waals surface area contributed by atoms with Crippen LogP contribution in [0.3, 0.4) is 0 Å². The molecule has 4 rings (SSSR count). The lowest BCUT2D eigenvalue weighted by Gasteiger charge is -2.34. The number of anilines is 1. The molecule has 0 radical (unpaired) electrons. The SMILES string of the molecule is Cc1ccc(Cl)cc1N1CC[NH+](Cc2nnnn2C2CCCCC2)CC1. The minimum Gasteiger partial charge on any atom is -0.360 e. The summed E-state index contributed by atoms with van der Waals surface area (Å²) in [6, 6.07) is 6.66. The maximum Gasteiger partial charge on any atom is 0.206 e. The lowest BCUT2D eigenvalue weighted by molar-refractivity contribution is -0.915. The van der Waals surface area contributed by atoms with Crippen molar-refractivity contribution in [2.24, 2.45) is 0 Å². The van der Waals surface area contributed by atoms with E-state index in [-0.39, 0.29) is 0 Å². The minimum absolute atomic E-state index is 0.503. The first-order valence-electron chi connectivity index (χ1n) is 9.82. The van der Waals surface area contributed by atoms with Crippen LogP contribution >= 0.6 is 11.6 Å². The number of halogens is 1. The number of aryl methyl sites for hydroxylation is 1. The standard InChI is InChI=1S/C19H27ClN6/c1-15-7-8-16(20)13-18(15)25-11-9-24(10-12-25)14-19-21-22-23-26(19)17-5-3-2-4-6-17/h7-8,13,17H,2-6,9-12,14H2,1H3/p+1. The van der Waals surface area contributed by atoms with Crippen LogP contribution in [-0.4, -0.2) is 46.4 Å². The molecule has 0 amide bonds. The van der Waals surface area contributed by atoms with Gasteiger partial charge in [-0.1, -0.05) is 36.9 Å². The molecule has 0 spiro atoms. The Balaban J connectivity index is 1.37. The van der Waals surface area contributed by atoms with Crippen molar-refractivity contribution >= 4 is 17.3 Å². The van der Waals surface area contributed by atoms with E-state index in [1.807, 2.05) is 6.07 Å². The molecule has 1 aliphatic carbocycles. The number of piperazine rings is 1. The van der Waals surface area contributed by atoms with E-state index >= 15 is 0 Å². The molecule has 0 bridgehead atoms. The van der Waals surface area contributed by atoms with Crippen LogP contribution in [0.25, 0.3) is 0 Å². The molecule has 26 heavy (non-hydrogen) atoms. The second kappa shape index (κ2) is 7.92. The second-order valence-electron chi connectivity index (χ2n) is 7.68. The molecule has 1 aliphatic heterocycles. The van der Waals surface area contributed by atoms with E-state index in [0.29, 0.717) is 6.04 Å². The average molecular weight is 376 g/mol. The van der Waals surface area contributed by atoms with Crippen molar-refractivity contribution in [1.82, 2.24) is 20.2 Å². The van der Waals surface area contributed by atoms with Crippen LogP contribution in [0.1, 0.15) is 49.5 Å². The van der Waals surface area contributed by atoms with Gasteiger partial charge >= 0.3 is 0 Å². The van der Waals surface area contributed by atoms with Gasteiger partial charge in [-0.3, -0.25) is 0 Å². The Kier molecular flexibility index (Phi) is 5.41. The Hall–Kier alpha value is -1.66. The van der Waals surface area contributed by atoms with Gasteiger partial charge in [-0.2, -0.15) is 0 Å². The summed E-state index contributed by atoms with van der Waals surface area (Å²) in [6.45, 7) is 7.37. The zero-order valence-electron chi connectivity index (χ0n) is 15.5. The summed E-state index contributed by atoms with van der Waals surface area (Å²) in [6.07, 6.45) is 6.39. The van der Waals surface area contributed by atoms with Crippen LogP contribution in [0.5, 0.6) is 0 Å². The third-order valence-electron chi connectivity index (χ3n) is 5.87. The first-order valence-corrected chi connectivity index (χ1v) is 10.2. The van der Waals surface area contributed by atoms with Gasteiger partial charge in [-0.15, -0.1) is 5.10 Å². The largest absolute Gasteiger partial charge is 0.360 e. The predicted octanol–water partition coefficient (Wildman–Crippen LogP) is 2.05. The zero-order valence-corrected chi connectivity index (χ0v) is 16.3. The van der Waals surface area contributed by atoms with Crippen LogP contribution in [0.15, 0.2) is 18.2 Å². The molecule has 2 aromatic rings. The summed E-state index contributed by atoms with van der Waals surface area (Å²) in [7, 11) is 0. The first kappa shape index (κ1) is 17.7. The Morgan fingerprint density at radius 2 is 1.92 bits per heavy atom. The fourth-order valence-electron chi connectivity index (χ4n) is 4.33. The molecular formula is C19H28ClN6+. The molecule has 1 saturated carbocycles. The zero-order chi connectivity index (χ0) is 17.9. The van der Waals surface area contributed by atoms with E-state index in [1.54, 1.807) is 4.90 Å². The summed E-state index contributed by atoms with van der Waals surface area (Å²) in [5, 5.41) is 13.4. The number of aromatic nitrogens is 4. The smallest absolute Gasteiger partial charge is 0.206 e. The molecular weight excluding hydrogens is 348 g/mol. The van der Waals surface area contributed by atoms with E-state index in [2.05, 4.69) is 44.2 Å². The van der Waals surface area contributed by atoms with Gasteiger partial charge in [0, 0.05) is 10.7 Å². The maximum absolute atomic E-state index is 6.19. The van der Waals surface area contributed by atoms with Gasteiger partial charge in [-0.05, 0) is 47.9 Å². The fourth-order valence-corrected chi connectivity index (χ4v) is 4.49. The molecule has 0 unspecified atom stereocenters. The number of tetrazole rings is 1. The van der Waals surface area contributed by atoms with Crippen molar-refractivity contribution in [3.05, 3.63) is 34.6 Å². The van der Waals surface area contributed by atoms with Gasteiger partial charge in [0.15, 0.2) is 0 Å². The van der Waals surface area contributed by atoms with Crippen LogP contribution in [0.4, 0.5) is 5.69 Å². The molecule has 1 aromatic heterocycles. The maximum atomic E-state index is 6.19. The lowest BCUT2D eigenvalue weighted by Crippen LogP contribution is -3.13.